The molecule has 2 rings (SSSR count). The first kappa shape index (κ1) is 14.0. The number of hydrogen-bond donors (Lipinski definition) is 0. The molecule has 0 saturated carbocycles. The van der Waals surface area contributed by atoms with Crippen molar-refractivity contribution < 1.29 is 0 Å². The summed E-state index contributed by atoms with van der Waals surface area (Å²) in [5.74, 6) is -0.376. The van der Waals surface area contributed by atoms with E-state index in [1.807, 2.05) is 6.07 Å². The minimum absolute atomic E-state index is 0.205. The van der Waals surface area contributed by atoms with Crippen LogP contribution in [0.4, 0.5) is 0 Å². The molecule has 0 spiro atoms. The van der Waals surface area contributed by atoms with Crippen LogP contribution in [-0.4, -0.2) is 9.55 Å². The van der Waals surface area contributed by atoms with E-state index < -0.39 is 0 Å². The largest absolute Gasteiger partial charge is 0.297 e. The van der Waals surface area contributed by atoms with E-state index in [0.29, 0.717) is 28.8 Å². The summed E-state index contributed by atoms with van der Waals surface area (Å²) in [7, 11) is 0. The van der Waals surface area contributed by atoms with E-state index in [4.69, 9.17) is 22.1 Å². The third-order valence-corrected chi connectivity index (χ3v) is 3.23. The van der Waals surface area contributed by atoms with E-state index in [1.165, 1.54) is 10.9 Å². The second-order valence-corrected chi connectivity index (χ2v) is 4.82. The number of hydrogen-bond acceptors (Lipinski definition) is 4. The molecule has 0 aliphatic heterocycles. The van der Waals surface area contributed by atoms with Crippen LogP contribution < -0.4 is 5.56 Å². The first-order chi connectivity index (χ1) is 9.65. The lowest BCUT2D eigenvalue weighted by Crippen LogP contribution is -2.24. The molecule has 0 bridgehead atoms. The number of rotatable bonds is 4. The Morgan fingerprint density at radius 1 is 1.40 bits per heavy atom. The maximum Gasteiger partial charge on any atom is 0.261 e. The second kappa shape index (κ2) is 6.18. The van der Waals surface area contributed by atoms with E-state index in [2.05, 4.69) is 11.1 Å². The highest BCUT2D eigenvalue weighted by atomic mass is 35.5. The Balaban J connectivity index is 2.34. The minimum Gasteiger partial charge on any atom is -0.297 e. The molecule has 100 valence electrons. The minimum atomic E-state index is -0.376. The summed E-state index contributed by atoms with van der Waals surface area (Å²) in [6.07, 6.45) is 2.15. The van der Waals surface area contributed by atoms with Gasteiger partial charge in [0, 0.05) is 18.0 Å². The summed E-state index contributed by atoms with van der Waals surface area (Å²) in [5, 5.41) is 18.6. The monoisotopic (exact) mass is 286 g/mol. The van der Waals surface area contributed by atoms with Gasteiger partial charge in [0.1, 0.15) is 0 Å². The first-order valence-corrected chi connectivity index (χ1v) is 6.44. The molecule has 0 aliphatic carbocycles. The molecule has 0 N–H and O–H groups in total. The summed E-state index contributed by atoms with van der Waals surface area (Å²) in [5.41, 5.74) is 0.327. The van der Waals surface area contributed by atoms with Gasteiger partial charge in [-0.05, 0) is 24.6 Å². The smallest absolute Gasteiger partial charge is 0.261 e. The summed E-state index contributed by atoms with van der Waals surface area (Å²) < 4.78 is 1.40. The average Bonchev–Trinajstić information content (AvgIpc) is 2.45. The molecule has 0 fully saturated rings. The zero-order chi connectivity index (χ0) is 14.5. The van der Waals surface area contributed by atoms with Crippen molar-refractivity contribution in [3.8, 4) is 12.1 Å². The van der Waals surface area contributed by atoms with Gasteiger partial charge in [-0.15, -0.1) is 0 Å². The molecule has 0 radical (unpaired) electrons. The number of halogens is 1. The molecule has 0 saturated heterocycles. The van der Waals surface area contributed by atoms with Gasteiger partial charge in [0.15, 0.2) is 0 Å². The molecule has 2 aromatic rings. The predicted octanol–water partition coefficient (Wildman–Crippen LogP) is 2.49. The molecule has 0 amide bonds. The van der Waals surface area contributed by atoms with E-state index in [1.54, 1.807) is 18.2 Å². The summed E-state index contributed by atoms with van der Waals surface area (Å²) in [4.78, 5) is 16.4. The molecule has 1 aromatic heterocycles. The van der Waals surface area contributed by atoms with Crippen LogP contribution in [0, 0.1) is 28.6 Å². The fourth-order valence-corrected chi connectivity index (χ4v) is 2.10. The first-order valence-electron chi connectivity index (χ1n) is 6.07. The molecule has 1 heterocycles. The van der Waals surface area contributed by atoms with Gasteiger partial charge in [0.25, 0.3) is 5.56 Å². The van der Waals surface area contributed by atoms with Gasteiger partial charge in [0.2, 0.25) is 0 Å². The predicted molar refractivity (Wildman–Crippen MR) is 75.0 cm³/mol. The van der Waals surface area contributed by atoms with Crippen LogP contribution in [0.1, 0.15) is 12.8 Å². The van der Waals surface area contributed by atoms with Crippen molar-refractivity contribution in [3.63, 3.8) is 0 Å². The van der Waals surface area contributed by atoms with Gasteiger partial charge in [-0.1, -0.05) is 11.6 Å². The van der Waals surface area contributed by atoms with Crippen LogP contribution in [0.3, 0.4) is 0 Å². The Hall–Kier alpha value is -2.37. The van der Waals surface area contributed by atoms with Gasteiger partial charge in [-0.25, -0.2) is 4.98 Å². The Morgan fingerprint density at radius 3 is 2.90 bits per heavy atom. The Bertz CT molecular complexity index is 769. The molecule has 5 nitrogen and oxygen atoms in total. The van der Waals surface area contributed by atoms with Crippen molar-refractivity contribution in [1.82, 2.24) is 9.55 Å². The molecule has 1 unspecified atom stereocenters. The summed E-state index contributed by atoms with van der Waals surface area (Å²) >= 11 is 5.85. The maximum absolute atomic E-state index is 12.3. The van der Waals surface area contributed by atoms with E-state index in [0.717, 1.165) is 0 Å². The van der Waals surface area contributed by atoms with Crippen LogP contribution in [0.25, 0.3) is 10.9 Å². The quantitative estimate of drug-likeness (QED) is 0.864. The highest BCUT2D eigenvalue weighted by Crippen LogP contribution is 2.15. The SMILES string of the molecule is N#CCCC(C#N)Cn1cnc2cc(Cl)ccc2c1=O. The van der Waals surface area contributed by atoms with Gasteiger partial charge >= 0.3 is 0 Å². The number of aromatic nitrogens is 2. The van der Waals surface area contributed by atoms with Crippen LogP contribution in [-0.2, 0) is 6.54 Å². The third kappa shape index (κ3) is 2.96. The van der Waals surface area contributed by atoms with Crippen LogP contribution in [0.15, 0.2) is 29.3 Å². The topological polar surface area (TPSA) is 82.5 Å². The zero-order valence-corrected chi connectivity index (χ0v) is 11.3. The number of fused-ring (bicyclic) bond motifs is 1. The third-order valence-electron chi connectivity index (χ3n) is 2.99. The Kier molecular flexibility index (Phi) is 4.34. The van der Waals surface area contributed by atoms with Gasteiger partial charge < -0.3 is 0 Å². The number of nitrogens with zero attached hydrogens (tertiary/aromatic N) is 4. The zero-order valence-electron chi connectivity index (χ0n) is 10.6. The number of nitriles is 2. The maximum atomic E-state index is 12.3. The van der Waals surface area contributed by atoms with Crippen molar-refractivity contribution in [2.75, 3.05) is 0 Å². The lowest BCUT2D eigenvalue weighted by atomic mass is 10.1. The Labute approximate surface area is 120 Å². The summed E-state index contributed by atoms with van der Waals surface area (Å²) in [6.45, 7) is 0.239. The molecule has 1 aromatic carbocycles. The lowest BCUT2D eigenvalue weighted by Gasteiger charge is -2.10. The van der Waals surface area contributed by atoms with Gasteiger partial charge in [-0.2, -0.15) is 10.5 Å². The molecular weight excluding hydrogens is 276 g/mol. The van der Waals surface area contributed by atoms with Crippen molar-refractivity contribution in [3.05, 3.63) is 39.9 Å². The number of benzene rings is 1. The van der Waals surface area contributed by atoms with Crippen LogP contribution in [0.5, 0.6) is 0 Å². The molecular formula is C14H11ClN4O. The van der Waals surface area contributed by atoms with Crippen molar-refractivity contribution in [2.24, 2.45) is 5.92 Å². The second-order valence-electron chi connectivity index (χ2n) is 4.39. The molecule has 6 heteroatoms. The van der Waals surface area contributed by atoms with Crippen LogP contribution in [0.2, 0.25) is 5.02 Å². The van der Waals surface area contributed by atoms with E-state index >= 15 is 0 Å². The normalized spacial score (nSPS) is 11.8. The standard InChI is InChI=1S/C14H11ClN4O/c15-11-3-4-12-13(6-11)18-9-19(14(12)20)8-10(7-17)2-1-5-16/h3-4,6,9-10H,1-2,8H2. The fraction of sp³-hybridized carbons (Fsp3) is 0.286. The van der Waals surface area contributed by atoms with Gasteiger partial charge in [0.05, 0.1) is 35.3 Å². The van der Waals surface area contributed by atoms with Crippen LogP contribution >= 0.6 is 11.6 Å². The van der Waals surface area contributed by atoms with Crippen molar-refractivity contribution in [2.45, 2.75) is 19.4 Å². The van der Waals surface area contributed by atoms with Crippen molar-refractivity contribution >= 4 is 22.5 Å². The van der Waals surface area contributed by atoms with E-state index in [9.17, 15) is 4.79 Å². The fourth-order valence-electron chi connectivity index (χ4n) is 1.93. The Morgan fingerprint density at radius 2 is 2.20 bits per heavy atom. The summed E-state index contributed by atoms with van der Waals surface area (Å²) in [6, 6.07) is 8.99. The molecule has 20 heavy (non-hydrogen) atoms. The molecule has 1 atom stereocenters. The highest BCUT2D eigenvalue weighted by Gasteiger charge is 2.11. The van der Waals surface area contributed by atoms with Crippen molar-refractivity contribution in [1.29, 1.82) is 10.5 Å². The molecule has 0 aliphatic rings. The average molecular weight is 287 g/mol. The van der Waals surface area contributed by atoms with Gasteiger partial charge in [-0.3, -0.25) is 9.36 Å². The highest BCUT2D eigenvalue weighted by molar-refractivity contribution is 6.31. The lowest BCUT2D eigenvalue weighted by molar-refractivity contribution is 0.498. The van der Waals surface area contributed by atoms with E-state index in [-0.39, 0.29) is 18.0 Å².